The minimum Gasteiger partial charge on any atom is -0.317 e. The van der Waals surface area contributed by atoms with Crippen molar-refractivity contribution < 1.29 is 13.2 Å². The Morgan fingerprint density at radius 2 is 2.07 bits per heavy atom. The van der Waals surface area contributed by atoms with Gasteiger partial charge in [-0.05, 0) is 18.2 Å². The highest BCUT2D eigenvalue weighted by Crippen LogP contribution is 2.15. The number of nitrogens with one attached hydrogen (secondary N) is 1. The summed E-state index contributed by atoms with van der Waals surface area (Å²) in [5.74, 6) is 0. The molecule has 0 fully saturated rings. The molecule has 0 aliphatic rings. The first kappa shape index (κ1) is 11.1. The van der Waals surface area contributed by atoms with E-state index in [2.05, 4.69) is 17.9 Å². The van der Waals surface area contributed by atoms with E-state index in [9.17, 15) is 13.2 Å². The molecule has 14 heavy (non-hydrogen) atoms. The third kappa shape index (κ3) is 3.04. The van der Waals surface area contributed by atoms with Crippen molar-refractivity contribution in [3.8, 4) is 0 Å². The standard InChI is InChI=1S/C8H9NO3S2/c1-14(11,12)7-4-2-3-6(5-7)9-8(10)13/h2-5H,1H3,(H2,9,10,13). The van der Waals surface area contributed by atoms with Gasteiger partial charge in [0.25, 0.3) is 5.24 Å². The van der Waals surface area contributed by atoms with E-state index >= 15 is 0 Å². The van der Waals surface area contributed by atoms with Crippen LogP contribution in [0.3, 0.4) is 0 Å². The highest BCUT2D eigenvalue weighted by Gasteiger charge is 2.07. The Hall–Kier alpha value is -1.01. The number of thiol groups is 1. The Morgan fingerprint density at radius 3 is 2.57 bits per heavy atom. The molecule has 0 saturated heterocycles. The number of amides is 1. The number of carbonyl (C=O) groups is 1. The van der Waals surface area contributed by atoms with E-state index in [-0.39, 0.29) is 4.90 Å². The minimum atomic E-state index is -3.24. The molecule has 0 unspecified atom stereocenters. The molecule has 6 heteroatoms. The SMILES string of the molecule is CS(=O)(=O)c1cccc(NC(=O)S)c1. The van der Waals surface area contributed by atoms with E-state index in [4.69, 9.17) is 0 Å². The quantitative estimate of drug-likeness (QED) is 0.759. The second-order valence-electron chi connectivity index (χ2n) is 2.73. The van der Waals surface area contributed by atoms with Crippen molar-refractivity contribution >= 4 is 33.4 Å². The molecule has 0 atom stereocenters. The first-order valence-corrected chi connectivity index (χ1v) is 6.03. The Morgan fingerprint density at radius 1 is 1.43 bits per heavy atom. The number of benzene rings is 1. The molecule has 0 aliphatic heterocycles. The molecular formula is C8H9NO3S2. The van der Waals surface area contributed by atoms with E-state index in [1.165, 1.54) is 12.1 Å². The maximum atomic E-state index is 11.1. The van der Waals surface area contributed by atoms with Crippen molar-refractivity contribution in [2.75, 3.05) is 11.6 Å². The molecule has 0 bridgehead atoms. The van der Waals surface area contributed by atoms with Gasteiger partial charge in [0.1, 0.15) is 0 Å². The first-order valence-electron chi connectivity index (χ1n) is 3.69. The van der Waals surface area contributed by atoms with Crippen molar-refractivity contribution in [2.24, 2.45) is 0 Å². The maximum Gasteiger partial charge on any atom is 0.280 e. The van der Waals surface area contributed by atoms with Crippen molar-refractivity contribution in [1.29, 1.82) is 0 Å². The van der Waals surface area contributed by atoms with E-state index in [0.29, 0.717) is 5.69 Å². The van der Waals surface area contributed by atoms with Crippen LogP contribution in [0.25, 0.3) is 0 Å². The molecule has 0 saturated carbocycles. The Balaban J connectivity index is 3.08. The zero-order chi connectivity index (χ0) is 10.8. The van der Waals surface area contributed by atoms with Crippen LogP contribution in [0.5, 0.6) is 0 Å². The summed E-state index contributed by atoms with van der Waals surface area (Å²) in [4.78, 5) is 10.7. The molecule has 1 aromatic carbocycles. The summed E-state index contributed by atoms with van der Waals surface area (Å²) in [6.07, 6.45) is 1.11. The van der Waals surface area contributed by atoms with Crippen molar-refractivity contribution in [2.45, 2.75) is 4.90 Å². The molecule has 1 amide bonds. The number of anilines is 1. The van der Waals surface area contributed by atoms with E-state index in [1.54, 1.807) is 12.1 Å². The van der Waals surface area contributed by atoms with Crippen molar-refractivity contribution in [3.63, 3.8) is 0 Å². The van der Waals surface area contributed by atoms with Crippen molar-refractivity contribution in [3.05, 3.63) is 24.3 Å². The molecule has 1 rings (SSSR count). The Labute approximate surface area is 87.7 Å². The van der Waals surface area contributed by atoms with Gasteiger partial charge in [-0.1, -0.05) is 18.7 Å². The van der Waals surface area contributed by atoms with Crippen LogP contribution in [-0.4, -0.2) is 19.9 Å². The normalized spacial score (nSPS) is 11.0. The first-order chi connectivity index (χ1) is 6.39. The van der Waals surface area contributed by atoms with Gasteiger partial charge in [0.15, 0.2) is 9.84 Å². The van der Waals surface area contributed by atoms with Gasteiger partial charge in [0.05, 0.1) is 4.90 Å². The molecule has 1 aromatic rings. The monoisotopic (exact) mass is 231 g/mol. The summed E-state index contributed by atoms with van der Waals surface area (Å²) in [6, 6.07) is 5.98. The van der Waals surface area contributed by atoms with Gasteiger partial charge in [-0.25, -0.2) is 8.42 Å². The summed E-state index contributed by atoms with van der Waals surface area (Å²) in [5, 5.41) is 1.85. The lowest BCUT2D eigenvalue weighted by atomic mass is 10.3. The molecule has 0 aliphatic carbocycles. The van der Waals surface area contributed by atoms with Crippen LogP contribution >= 0.6 is 12.6 Å². The predicted octanol–water partition coefficient (Wildman–Crippen LogP) is 1.55. The lowest BCUT2D eigenvalue weighted by molar-refractivity contribution is 0.270. The zero-order valence-corrected chi connectivity index (χ0v) is 9.10. The second-order valence-corrected chi connectivity index (χ2v) is 5.15. The summed E-state index contributed by atoms with van der Waals surface area (Å²) in [6.45, 7) is 0. The van der Waals surface area contributed by atoms with Crippen LogP contribution < -0.4 is 5.32 Å². The lowest BCUT2D eigenvalue weighted by Gasteiger charge is -2.03. The van der Waals surface area contributed by atoms with Crippen molar-refractivity contribution in [1.82, 2.24) is 0 Å². The number of carbonyl (C=O) groups excluding carboxylic acids is 1. The molecule has 1 N–H and O–H groups in total. The predicted molar refractivity (Wildman–Crippen MR) is 57.6 cm³/mol. The highest BCUT2D eigenvalue weighted by atomic mass is 32.2. The summed E-state index contributed by atoms with van der Waals surface area (Å²) in [7, 11) is -3.24. The van der Waals surface area contributed by atoms with Crippen LogP contribution in [0, 0.1) is 0 Å². The van der Waals surface area contributed by atoms with Crippen LogP contribution in [0.4, 0.5) is 10.5 Å². The molecule has 0 heterocycles. The average Bonchev–Trinajstić information content (AvgIpc) is 2.01. The van der Waals surface area contributed by atoms with Gasteiger partial charge in [0.2, 0.25) is 0 Å². The maximum absolute atomic E-state index is 11.1. The van der Waals surface area contributed by atoms with Crippen LogP contribution in [0.2, 0.25) is 0 Å². The minimum absolute atomic E-state index is 0.164. The van der Waals surface area contributed by atoms with E-state index < -0.39 is 15.1 Å². The number of hydrogen-bond acceptors (Lipinski definition) is 3. The Bertz CT molecular complexity index is 453. The lowest BCUT2D eigenvalue weighted by Crippen LogP contribution is -2.03. The van der Waals surface area contributed by atoms with Crippen LogP contribution in [0.1, 0.15) is 0 Å². The summed E-state index contributed by atoms with van der Waals surface area (Å²) in [5.41, 5.74) is 0.410. The van der Waals surface area contributed by atoms with E-state index in [1.807, 2.05) is 0 Å². The third-order valence-electron chi connectivity index (χ3n) is 1.51. The molecule has 0 radical (unpaired) electrons. The summed E-state index contributed by atoms with van der Waals surface area (Å²) < 4.78 is 22.3. The fourth-order valence-electron chi connectivity index (χ4n) is 0.928. The molecule has 4 nitrogen and oxygen atoms in total. The molecular weight excluding hydrogens is 222 g/mol. The number of sulfone groups is 1. The molecule has 0 spiro atoms. The van der Waals surface area contributed by atoms with Gasteiger partial charge in [-0.3, -0.25) is 4.79 Å². The largest absolute Gasteiger partial charge is 0.317 e. The summed E-state index contributed by atoms with van der Waals surface area (Å²) >= 11 is 3.52. The van der Waals surface area contributed by atoms with E-state index in [0.717, 1.165) is 6.26 Å². The second kappa shape index (κ2) is 4.02. The number of rotatable bonds is 2. The third-order valence-corrected chi connectivity index (χ3v) is 2.74. The van der Waals surface area contributed by atoms with Gasteiger partial charge >= 0.3 is 0 Å². The highest BCUT2D eigenvalue weighted by molar-refractivity contribution is 7.96. The molecule has 76 valence electrons. The Kier molecular flexibility index (Phi) is 3.17. The van der Waals surface area contributed by atoms with Gasteiger partial charge in [-0.15, -0.1) is 0 Å². The fraction of sp³-hybridized carbons (Fsp3) is 0.125. The fourth-order valence-corrected chi connectivity index (χ4v) is 1.72. The topological polar surface area (TPSA) is 63.2 Å². The van der Waals surface area contributed by atoms with Gasteiger partial charge in [-0.2, -0.15) is 0 Å². The smallest absolute Gasteiger partial charge is 0.280 e. The van der Waals surface area contributed by atoms with Crippen LogP contribution in [-0.2, 0) is 9.84 Å². The zero-order valence-electron chi connectivity index (χ0n) is 7.39. The van der Waals surface area contributed by atoms with Gasteiger partial charge in [0, 0.05) is 11.9 Å². The van der Waals surface area contributed by atoms with Crippen LogP contribution in [0.15, 0.2) is 29.2 Å². The number of hydrogen-bond donors (Lipinski definition) is 2. The average molecular weight is 231 g/mol. The molecule has 0 aromatic heterocycles. The van der Waals surface area contributed by atoms with Gasteiger partial charge < -0.3 is 5.32 Å².